The first-order chi connectivity index (χ1) is 14.9. The number of halogens is 2. The minimum atomic E-state index is -3.15. The Labute approximate surface area is 177 Å². The maximum atomic E-state index is 12.9. The van der Waals surface area contributed by atoms with Gasteiger partial charge < -0.3 is 36.1 Å². The van der Waals surface area contributed by atoms with Crippen LogP contribution in [0.25, 0.3) is 0 Å². The second-order valence-corrected chi connectivity index (χ2v) is 7.18. The average Bonchev–Trinajstić information content (AvgIpc) is 2.70. The summed E-state index contributed by atoms with van der Waals surface area (Å²) in [5.41, 5.74) is 5.88. The SMILES string of the molecule is NC[C@H](NC(=O)NC1CCC1)C(=O)Nc1ccc(N2CCOCC2=O)cc1OC(F)F. The molecule has 4 amide bonds. The molecule has 3 rings (SSSR count). The highest BCUT2D eigenvalue weighted by atomic mass is 19.3. The molecule has 0 spiro atoms. The summed E-state index contributed by atoms with van der Waals surface area (Å²) in [7, 11) is 0. The first kappa shape index (κ1) is 22.7. The number of hydrogen-bond donors (Lipinski definition) is 4. The number of ether oxygens (including phenoxy) is 2. The van der Waals surface area contributed by atoms with Gasteiger partial charge in [0.25, 0.3) is 5.91 Å². The molecular weight excluding hydrogens is 416 g/mol. The lowest BCUT2D eigenvalue weighted by Crippen LogP contribution is -2.54. The molecule has 0 radical (unpaired) electrons. The Bertz CT molecular complexity index is 821. The van der Waals surface area contributed by atoms with Crippen LogP contribution in [0.15, 0.2) is 18.2 Å². The Morgan fingerprint density at radius 3 is 2.71 bits per heavy atom. The standard InChI is InChI=1S/C19H25F2N5O5/c20-18(21)31-15-8-12(26-6-7-30-10-16(26)27)4-5-13(15)24-17(28)14(9-22)25-19(29)23-11-2-1-3-11/h4-5,8,11,14,18H,1-3,6-7,9-10,22H2,(H,24,28)(H2,23,25,29)/t14-/m0/s1. The van der Waals surface area contributed by atoms with Gasteiger partial charge in [-0.25, -0.2) is 4.79 Å². The van der Waals surface area contributed by atoms with Crippen LogP contribution in [0.1, 0.15) is 19.3 Å². The highest BCUT2D eigenvalue weighted by Crippen LogP contribution is 2.32. The molecule has 5 N–H and O–H groups in total. The number of rotatable bonds is 8. The van der Waals surface area contributed by atoms with Crippen molar-refractivity contribution in [2.24, 2.45) is 5.73 Å². The van der Waals surface area contributed by atoms with E-state index in [4.69, 9.17) is 10.5 Å². The summed E-state index contributed by atoms with van der Waals surface area (Å²) in [5, 5.41) is 7.65. The Kier molecular flexibility index (Phi) is 7.58. The quantitative estimate of drug-likeness (QED) is 0.471. The number of amides is 4. The largest absolute Gasteiger partial charge is 0.433 e. The fraction of sp³-hybridized carbons (Fsp3) is 0.526. The van der Waals surface area contributed by atoms with Crippen molar-refractivity contribution in [2.45, 2.75) is 38.0 Å². The van der Waals surface area contributed by atoms with Crippen LogP contribution in [-0.4, -0.2) is 62.8 Å². The number of nitrogens with one attached hydrogen (secondary N) is 3. The number of carbonyl (C=O) groups excluding carboxylic acids is 3. The number of urea groups is 1. The molecule has 1 aromatic rings. The van der Waals surface area contributed by atoms with E-state index in [0.717, 1.165) is 19.3 Å². The van der Waals surface area contributed by atoms with Crippen LogP contribution in [0.4, 0.5) is 25.0 Å². The van der Waals surface area contributed by atoms with Crippen molar-refractivity contribution in [1.82, 2.24) is 10.6 Å². The number of hydrogen-bond acceptors (Lipinski definition) is 6. The maximum absolute atomic E-state index is 12.9. The van der Waals surface area contributed by atoms with Crippen molar-refractivity contribution in [3.63, 3.8) is 0 Å². The predicted molar refractivity (Wildman–Crippen MR) is 107 cm³/mol. The molecule has 0 unspecified atom stereocenters. The number of nitrogens with two attached hydrogens (primary N) is 1. The van der Waals surface area contributed by atoms with E-state index in [0.29, 0.717) is 12.3 Å². The average molecular weight is 441 g/mol. The van der Waals surface area contributed by atoms with E-state index in [-0.39, 0.29) is 43.1 Å². The van der Waals surface area contributed by atoms with Crippen molar-refractivity contribution in [3.05, 3.63) is 18.2 Å². The molecule has 2 aliphatic rings. The van der Waals surface area contributed by atoms with Crippen LogP contribution < -0.4 is 31.3 Å². The molecule has 0 bridgehead atoms. The summed E-state index contributed by atoms with van der Waals surface area (Å²) < 4.78 is 35.4. The van der Waals surface area contributed by atoms with E-state index >= 15 is 0 Å². The lowest BCUT2D eigenvalue weighted by atomic mass is 9.93. The van der Waals surface area contributed by atoms with Crippen LogP contribution in [-0.2, 0) is 14.3 Å². The topological polar surface area (TPSA) is 135 Å². The second-order valence-electron chi connectivity index (χ2n) is 7.18. The smallest absolute Gasteiger partial charge is 0.387 e. The fourth-order valence-electron chi connectivity index (χ4n) is 3.16. The van der Waals surface area contributed by atoms with Crippen LogP contribution in [0, 0.1) is 0 Å². The van der Waals surface area contributed by atoms with Crippen molar-refractivity contribution < 1.29 is 32.6 Å². The predicted octanol–water partition coefficient (Wildman–Crippen LogP) is 0.769. The molecule has 10 nitrogen and oxygen atoms in total. The molecule has 170 valence electrons. The molecule has 1 saturated carbocycles. The van der Waals surface area contributed by atoms with Gasteiger partial charge in [-0.05, 0) is 31.4 Å². The summed E-state index contributed by atoms with van der Waals surface area (Å²) in [6.45, 7) is -2.90. The molecular formula is C19H25F2N5O5. The van der Waals surface area contributed by atoms with Gasteiger partial charge in [0, 0.05) is 30.9 Å². The van der Waals surface area contributed by atoms with Gasteiger partial charge in [-0.15, -0.1) is 0 Å². The first-order valence-electron chi connectivity index (χ1n) is 9.92. The molecule has 1 aliphatic carbocycles. The van der Waals surface area contributed by atoms with Crippen LogP contribution >= 0.6 is 0 Å². The second kappa shape index (κ2) is 10.4. The Hall–Kier alpha value is -2.99. The normalized spacial score (nSPS) is 17.7. The van der Waals surface area contributed by atoms with Gasteiger partial charge in [0.15, 0.2) is 5.75 Å². The van der Waals surface area contributed by atoms with Gasteiger partial charge in [0.05, 0.1) is 12.3 Å². The third-order valence-corrected chi connectivity index (χ3v) is 5.03. The Morgan fingerprint density at radius 2 is 2.10 bits per heavy atom. The Morgan fingerprint density at radius 1 is 1.32 bits per heavy atom. The molecule has 1 heterocycles. The number of nitrogens with zero attached hydrogens (tertiary/aromatic N) is 1. The van der Waals surface area contributed by atoms with E-state index in [9.17, 15) is 23.2 Å². The third-order valence-electron chi connectivity index (χ3n) is 5.03. The maximum Gasteiger partial charge on any atom is 0.387 e. The van der Waals surface area contributed by atoms with Gasteiger partial charge >= 0.3 is 12.6 Å². The summed E-state index contributed by atoms with van der Waals surface area (Å²) >= 11 is 0. The Balaban J connectivity index is 1.70. The number of morpholine rings is 1. The van der Waals surface area contributed by atoms with E-state index in [1.54, 1.807) is 0 Å². The van der Waals surface area contributed by atoms with Gasteiger partial charge in [0.2, 0.25) is 5.91 Å². The summed E-state index contributed by atoms with van der Waals surface area (Å²) in [4.78, 5) is 38.0. The van der Waals surface area contributed by atoms with Crippen molar-refractivity contribution in [2.75, 3.05) is 36.5 Å². The fourth-order valence-corrected chi connectivity index (χ4v) is 3.16. The monoisotopic (exact) mass is 441 g/mol. The minimum Gasteiger partial charge on any atom is -0.433 e. The summed E-state index contributed by atoms with van der Waals surface area (Å²) in [6.07, 6.45) is 2.78. The number of alkyl halides is 2. The zero-order valence-corrected chi connectivity index (χ0v) is 16.7. The van der Waals surface area contributed by atoms with Crippen molar-refractivity contribution in [3.8, 4) is 5.75 Å². The lowest BCUT2D eigenvalue weighted by Gasteiger charge is -2.28. The molecule has 2 fully saturated rings. The molecule has 1 aliphatic heterocycles. The molecule has 1 aromatic carbocycles. The van der Waals surface area contributed by atoms with Gasteiger partial charge in [0.1, 0.15) is 12.6 Å². The third kappa shape index (κ3) is 6.01. The first-order valence-corrected chi connectivity index (χ1v) is 9.92. The lowest BCUT2D eigenvalue weighted by molar-refractivity contribution is -0.125. The zero-order valence-electron chi connectivity index (χ0n) is 16.7. The molecule has 31 heavy (non-hydrogen) atoms. The van der Waals surface area contributed by atoms with Gasteiger partial charge in [-0.3, -0.25) is 9.59 Å². The molecule has 0 aromatic heterocycles. The van der Waals surface area contributed by atoms with Crippen molar-refractivity contribution >= 4 is 29.2 Å². The molecule has 1 atom stereocenters. The minimum absolute atomic E-state index is 0.0468. The van der Waals surface area contributed by atoms with Crippen molar-refractivity contribution in [1.29, 1.82) is 0 Å². The number of anilines is 2. The highest BCUT2D eigenvalue weighted by Gasteiger charge is 2.26. The van der Waals surface area contributed by atoms with E-state index in [1.807, 2.05) is 0 Å². The van der Waals surface area contributed by atoms with Crippen LogP contribution in [0.5, 0.6) is 5.75 Å². The highest BCUT2D eigenvalue weighted by molar-refractivity contribution is 5.99. The van der Waals surface area contributed by atoms with Gasteiger partial charge in [-0.1, -0.05) is 0 Å². The summed E-state index contributed by atoms with van der Waals surface area (Å²) in [6, 6.07) is 2.53. The number of benzene rings is 1. The number of carbonyl (C=O) groups is 3. The van der Waals surface area contributed by atoms with Crippen LogP contribution in [0.2, 0.25) is 0 Å². The summed E-state index contributed by atoms with van der Waals surface area (Å²) in [5.74, 6) is -1.34. The van der Waals surface area contributed by atoms with Crippen LogP contribution in [0.3, 0.4) is 0 Å². The molecule has 12 heteroatoms. The molecule has 1 saturated heterocycles. The van der Waals surface area contributed by atoms with E-state index in [1.165, 1.54) is 23.1 Å². The van der Waals surface area contributed by atoms with E-state index < -0.39 is 24.6 Å². The zero-order chi connectivity index (χ0) is 22.4. The van der Waals surface area contributed by atoms with Gasteiger partial charge in [-0.2, -0.15) is 8.78 Å². The van der Waals surface area contributed by atoms with E-state index in [2.05, 4.69) is 20.7 Å².